The van der Waals surface area contributed by atoms with Crippen molar-refractivity contribution in [1.82, 2.24) is 39.3 Å². The predicted octanol–water partition coefficient (Wildman–Crippen LogP) is 8.14. The highest BCUT2D eigenvalue weighted by Gasteiger charge is 2.33. The first-order valence-corrected chi connectivity index (χ1v) is 22.7. The van der Waals surface area contributed by atoms with Crippen LogP contribution in [0.2, 0.25) is 5.02 Å². The van der Waals surface area contributed by atoms with Crippen LogP contribution in [0.5, 0.6) is 17.2 Å². The van der Waals surface area contributed by atoms with Crippen LogP contribution < -0.4 is 10.4 Å². The molecule has 1 aliphatic rings. The van der Waals surface area contributed by atoms with Gasteiger partial charge in [-0.25, -0.2) is 14.5 Å². The van der Waals surface area contributed by atoms with E-state index in [0.29, 0.717) is 59.7 Å². The quantitative estimate of drug-likeness (QED) is 0.0767. The van der Waals surface area contributed by atoms with Crippen molar-refractivity contribution < 1.29 is 29.6 Å². The van der Waals surface area contributed by atoms with E-state index < -0.39 is 11.7 Å². The van der Waals surface area contributed by atoms with Gasteiger partial charge in [0.05, 0.1) is 29.9 Å². The molecule has 3 aromatic heterocycles. The van der Waals surface area contributed by atoms with Crippen LogP contribution in [0.4, 0.5) is 0 Å². The second kappa shape index (κ2) is 20.6. The summed E-state index contributed by atoms with van der Waals surface area (Å²) >= 11 is 7.94. The number of aromatic hydroxyl groups is 2. The molecule has 1 atom stereocenters. The number of carbonyl (C=O) groups is 2. The number of ether oxygens (including phenoxy) is 1. The van der Waals surface area contributed by atoms with Gasteiger partial charge in [-0.15, -0.1) is 21.5 Å². The van der Waals surface area contributed by atoms with E-state index in [1.54, 1.807) is 29.4 Å². The average Bonchev–Trinajstić information content (AvgIpc) is 3.93. The predicted molar refractivity (Wildman–Crippen MR) is 258 cm³/mol. The SMILES string of the molecule is Cc1sc2c(c1C)C(c1ccc(Cl)cc1)=N[C@@H](CC(=O)N(C)CCOc1ccc(CN(C)Cc3ccc(-n4c(-c5cc(C(C)C)c(O)cc5O)n[nH]c4=O)cc3)cc1)c1nnc(C)n1-2.O=CO. The van der Waals surface area contributed by atoms with Gasteiger partial charge >= 0.3 is 5.69 Å². The third-order valence-electron chi connectivity index (χ3n) is 11.5. The lowest BCUT2D eigenvalue weighted by Crippen LogP contribution is -2.32. The minimum Gasteiger partial charge on any atom is -0.508 e. The molecule has 348 valence electrons. The number of phenols is 2. The number of thiophene rings is 1. The molecule has 7 aromatic rings. The van der Waals surface area contributed by atoms with E-state index in [4.69, 9.17) is 31.2 Å². The fourth-order valence-corrected chi connectivity index (χ4v) is 9.29. The van der Waals surface area contributed by atoms with Gasteiger partial charge in [-0.2, -0.15) is 5.10 Å². The van der Waals surface area contributed by atoms with E-state index in [9.17, 15) is 19.8 Å². The molecule has 18 heteroatoms. The number of H-pyrrole nitrogens is 1. The fourth-order valence-electron chi connectivity index (χ4n) is 7.95. The number of hydrogen-bond donors (Lipinski definition) is 4. The third kappa shape index (κ3) is 10.5. The van der Waals surface area contributed by atoms with Crippen molar-refractivity contribution in [3.05, 3.63) is 150 Å². The molecule has 4 aromatic carbocycles. The summed E-state index contributed by atoms with van der Waals surface area (Å²) in [5.41, 5.74) is 7.16. The van der Waals surface area contributed by atoms with Gasteiger partial charge in [0.1, 0.15) is 40.7 Å². The van der Waals surface area contributed by atoms with Crippen LogP contribution in [-0.2, 0) is 22.7 Å². The first-order valence-electron chi connectivity index (χ1n) is 21.5. The number of hydrogen-bond acceptors (Lipinski definition) is 12. The van der Waals surface area contributed by atoms with Crippen molar-refractivity contribution in [3.63, 3.8) is 0 Å². The summed E-state index contributed by atoms with van der Waals surface area (Å²) in [6.07, 6.45) is 0.113. The molecular formula is C49H52ClN9O7S. The van der Waals surface area contributed by atoms with E-state index in [1.165, 1.54) is 15.5 Å². The maximum Gasteiger partial charge on any atom is 0.348 e. The maximum absolute atomic E-state index is 13.8. The summed E-state index contributed by atoms with van der Waals surface area (Å²) in [6, 6.07) is 25.6. The number of aryl methyl sites for hydroxylation is 2. The molecule has 1 aliphatic heterocycles. The Kier molecular flexibility index (Phi) is 14.7. The van der Waals surface area contributed by atoms with Crippen molar-refractivity contribution >= 4 is 41.0 Å². The molecule has 0 saturated heterocycles. The number of fused-ring (bicyclic) bond motifs is 3. The van der Waals surface area contributed by atoms with Crippen molar-refractivity contribution in [2.75, 3.05) is 27.2 Å². The zero-order chi connectivity index (χ0) is 48.1. The monoisotopic (exact) mass is 945 g/mol. The summed E-state index contributed by atoms with van der Waals surface area (Å²) in [6.45, 7) is 11.8. The Bertz CT molecular complexity index is 2980. The van der Waals surface area contributed by atoms with Crippen molar-refractivity contribution in [2.45, 2.75) is 66.1 Å². The second-order valence-corrected chi connectivity index (χ2v) is 18.3. The number of halogens is 1. The maximum atomic E-state index is 13.8. The van der Waals surface area contributed by atoms with E-state index in [-0.39, 0.29) is 42.0 Å². The van der Waals surface area contributed by atoms with E-state index in [1.807, 2.05) is 105 Å². The number of nitrogens with one attached hydrogen (secondary N) is 1. The normalized spacial score (nSPS) is 13.0. The minimum atomic E-state index is -0.555. The zero-order valence-corrected chi connectivity index (χ0v) is 39.8. The Hall–Kier alpha value is -7.08. The number of rotatable bonds is 14. The van der Waals surface area contributed by atoms with Crippen LogP contribution in [0, 0.1) is 20.8 Å². The minimum absolute atomic E-state index is 0.00505. The van der Waals surface area contributed by atoms with Gasteiger partial charge in [-0.1, -0.05) is 61.8 Å². The van der Waals surface area contributed by atoms with Gasteiger partial charge in [-0.3, -0.25) is 24.0 Å². The standard InChI is InChI=1S/C48H50ClN9O5S.CH2O2/c1-27(2)37-22-38(41(60)24-40(37)59)45-52-54-48(62)58(45)35-16-8-31(9-17-35)25-55(6)26-32-10-18-36(19-11-32)63-21-20-56(7)42(61)23-39-46-53-51-30(5)57(46)47-43(28(3)29(4)64-47)44(50-39)33-12-14-34(49)15-13-33;2-1-3/h8-19,22,24,27,39,59-60H,20-21,23,25-26H2,1-7H3,(H,54,62);1H,(H,2,3)/t39-;/m0./s1. The molecule has 0 saturated carbocycles. The third-order valence-corrected chi connectivity index (χ3v) is 13.0. The van der Waals surface area contributed by atoms with Gasteiger partial charge in [0.2, 0.25) is 5.91 Å². The van der Waals surface area contributed by atoms with E-state index >= 15 is 0 Å². The van der Waals surface area contributed by atoms with E-state index in [0.717, 1.165) is 44.4 Å². The van der Waals surface area contributed by atoms with Crippen molar-refractivity contribution in [3.8, 4) is 39.3 Å². The van der Waals surface area contributed by atoms with Crippen LogP contribution in [0.1, 0.15) is 82.1 Å². The average molecular weight is 947 g/mol. The number of nitrogens with zero attached hydrogens (tertiary/aromatic N) is 8. The first-order chi connectivity index (χ1) is 32.1. The van der Waals surface area contributed by atoms with Crippen LogP contribution in [0.3, 0.4) is 0 Å². The Balaban J connectivity index is 0.00000216. The Morgan fingerprint density at radius 3 is 2.21 bits per heavy atom. The van der Waals surface area contributed by atoms with Crippen LogP contribution in [0.25, 0.3) is 22.1 Å². The molecule has 0 radical (unpaired) electrons. The summed E-state index contributed by atoms with van der Waals surface area (Å²) in [5.74, 6) is 2.06. The summed E-state index contributed by atoms with van der Waals surface area (Å²) < 4.78 is 9.54. The lowest BCUT2D eigenvalue weighted by Gasteiger charge is -2.20. The van der Waals surface area contributed by atoms with Gasteiger partial charge in [-0.05, 0) is 98.5 Å². The van der Waals surface area contributed by atoms with Gasteiger partial charge in [0.15, 0.2) is 11.6 Å². The number of aromatic amines is 1. The number of carboxylic acid groups (broad SMARTS) is 1. The van der Waals surface area contributed by atoms with Crippen molar-refractivity contribution in [2.24, 2.45) is 4.99 Å². The molecule has 4 heterocycles. The van der Waals surface area contributed by atoms with Gasteiger partial charge in [0.25, 0.3) is 6.47 Å². The van der Waals surface area contributed by atoms with Gasteiger partial charge in [0, 0.05) is 47.2 Å². The topological polar surface area (TPSA) is 204 Å². The molecule has 4 N–H and O–H groups in total. The number of carbonyl (C=O) groups excluding carboxylic acids is 1. The molecule has 0 bridgehead atoms. The highest BCUT2D eigenvalue weighted by atomic mass is 35.5. The van der Waals surface area contributed by atoms with Crippen LogP contribution in [0.15, 0.2) is 94.7 Å². The number of aliphatic imine (C=N–C) groups is 1. The Morgan fingerprint density at radius 1 is 0.925 bits per heavy atom. The number of phenolic OH excluding ortho intramolecular Hbond substituents is 2. The second-order valence-electron chi connectivity index (χ2n) is 16.6. The molecule has 0 aliphatic carbocycles. The molecule has 0 fully saturated rings. The Morgan fingerprint density at radius 2 is 1.57 bits per heavy atom. The molecule has 0 spiro atoms. The summed E-state index contributed by atoms with van der Waals surface area (Å²) in [7, 11) is 3.81. The number of amides is 1. The molecule has 1 amide bonds. The largest absolute Gasteiger partial charge is 0.508 e. The summed E-state index contributed by atoms with van der Waals surface area (Å²) in [5, 5.41) is 45.2. The lowest BCUT2D eigenvalue weighted by molar-refractivity contribution is -0.130. The Labute approximate surface area is 396 Å². The highest BCUT2D eigenvalue weighted by molar-refractivity contribution is 7.15. The molecule has 16 nitrogen and oxygen atoms in total. The molecule has 0 unspecified atom stereocenters. The lowest BCUT2D eigenvalue weighted by atomic mass is 9.98. The first kappa shape index (κ1) is 47.9. The van der Waals surface area contributed by atoms with E-state index in [2.05, 4.69) is 39.1 Å². The van der Waals surface area contributed by atoms with Crippen LogP contribution >= 0.6 is 22.9 Å². The molecule has 8 rings (SSSR count). The number of aromatic nitrogens is 6. The van der Waals surface area contributed by atoms with Crippen LogP contribution in [-0.4, -0.2) is 100.0 Å². The highest BCUT2D eigenvalue weighted by Crippen LogP contribution is 2.40. The number of likely N-dealkylation sites (N-methyl/N-ethyl adjacent to an activating group) is 1. The summed E-state index contributed by atoms with van der Waals surface area (Å²) in [4.78, 5) is 45.3. The molecular weight excluding hydrogens is 894 g/mol. The van der Waals surface area contributed by atoms with Crippen molar-refractivity contribution in [1.29, 1.82) is 0 Å². The number of benzene rings is 4. The molecule has 67 heavy (non-hydrogen) atoms. The smallest absolute Gasteiger partial charge is 0.348 e. The fraction of sp³-hybridized carbons (Fsp3) is 0.286. The zero-order valence-electron chi connectivity index (χ0n) is 38.2. The van der Waals surface area contributed by atoms with Gasteiger partial charge < -0.3 is 25.0 Å².